The molecule has 6 nitrogen and oxygen atoms in total. The van der Waals surface area contributed by atoms with E-state index in [-0.39, 0.29) is 0 Å². The largest absolute Gasteiger partial charge is 0.419 e. The van der Waals surface area contributed by atoms with E-state index in [0.717, 1.165) is 63.9 Å². The number of anilines is 1. The summed E-state index contributed by atoms with van der Waals surface area (Å²) in [6.07, 6.45) is 3.23. The highest BCUT2D eigenvalue weighted by Gasteiger charge is 2.58. The van der Waals surface area contributed by atoms with Crippen LogP contribution in [0.25, 0.3) is 11.3 Å². The van der Waals surface area contributed by atoms with E-state index in [0.29, 0.717) is 41.1 Å². The maximum absolute atomic E-state index is 13.3. The Bertz CT molecular complexity index is 984. The van der Waals surface area contributed by atoms with E-state index in [4.69, 9.17) is 15.5 Å². The average molecular weight is 433 g/mol. The Kier molecular flexibility index (Phi) is 4.37. The zero-order valence-electron chi connectivity index (χ0n) is 17.2. The molecule has 2 aromatic rings. The molecule has 0 aromatic carbocycles. The maximum atomic E-state index is 13.3. The van der Waals surface area contributed by atoms with E-state index < -0.39 is 17.6 Å². The fourth-order valence-electron chi connectivity index (χ4n) is 5.56. The van der Waals surface area contributed by atoms with Gasteiger partial charge in [0.05, 0.1) is 11.3 Å². The van der Waals surface area contributed by atoms with Gasteiger partial charge in [-0.25, -0.2) is 9.97 Å². The molecule has 0 radical (unpaired) electrons. The minimum absolute atomic E-state index is 0.372. The number of piperidine rings is 1. The van der Waals surface area contributed by atoms with Crippen LogP contribution >= 0.6 is 0 Å². The molecule has 4 heterocycles. The van der Waals surface area contributed by atoms with Gasteiger partial charge in [-0.05, 0) is 43.6 Å². The van der Waals surface area contributed by atoms with E-state index in [1.54, 1.807) is 0 Å². The molecule has 2 N–H and O–H groups in total. The summed E-state index contributed by atoms with van der Waals surface area (Å²) in [5.41, 5.74) is 5.51. The Morgan fingerprint density at radius 3 is 2.42 bits per heavy atom. The molecule has 0 spiro atoms. The summed E-state index contributed by atoms with van der Waals surface area (Å²) < 4.78 is 47.6. The molecular weight excluding hydrogens is 407 g/mol. The van der Waals surface area contributed by atoms with Gasteiger partial charge in [-0.15, -0.1) is 0 Å². The molecule has 9 heteroatoms. The second kappa shape index (κ2) is 6.93. The summed E-state index contributed by atoms with van der Waals surface area (Å²) >= 11 is 0. The van der Waals surface area contributed by atoms with Crippen LogP contribution in [-0.2, 0) is 10.9 Å². The van der Waals surface area contributed by atoms with E-state index in [1.807, 2.05) is 6.20 Å². The van der Waals surface area contributed by atoms with Crippen LogP contribution < -0.4 is 5.73 Å². The van der Waals surface area contributed by atoms with Crippen molar-refractivity contribution >= 4 is 5.82 Å². The number of ether oxygens (including phenoxy) is 1. The fourth-order valence-corrected chi connectivity index (χ4v) is 5.56. The summed E-state index contributed by atoms with van der Waals surface area (Å²) in [5.74, 6) is 2.17. The smallest absolute Gasteiger partial charge is 0.383 e. The van der Waals surface area contributed by atoms with Crippen LogP contribution in [0.3, 0.4) is 0 Å². The highest BCUT2D eigenvalue weighted by Crippen LogP contribution is 2.58. The Morgan fingerprint density at radius 1 is 1.06 bits per heavy atom. The lowest BCUT2D eigenvalue weighted by atomic mass is 10.1. The quantitative estimate of drug-likeness (QED) is 0.796. The summed E-state index contributed by atoms with van der Waals surface area (Å²) in [6.45, 7) is 3.90. The van der Waals surface area contributed by atoms with Crippen molar-refractivity contribution in [2.24, 2.45) is 11.8 Å². The number of nitrogen functional groups attached to an aromatic ring is 1. The van der Waals surface area contributed by atoms with Crippen LogP contribution in [0.1, 0.15) is 49.0 Å². The fraction of sp³-hybridized carbons (Fsp3) is 0.636. The monoisotopic (exact) mass is 433 g/mol. The van der Waals surface area contributed by atoms with Gasteiger partial charge < -0.3 is 15.0 Å². The molecule has 2 saturated carbocycles. The maximum Gasteiger partial charge on any atom is 0.419 e. The first-order valence-electron chi connectivity index (χ1n) is 11.1. The van der Waals surface area contributed by atoms with Crippen molar-refractivity contribution in [1.29, 1.82) is 0 Å². The molecule has 2 atom stereocenters. The first-order chi connectivity index (χ1) is 14.9. The molecule has 6 rings (SSSR count). The third-order valence-corrected chi connectivity index (χ3v) is 7.43. The number of rotatable bonds is 4. The first kappa shape index (κ1) is 19.5. The van der Waals surface area contributed by atoms with Crippen molar-refractivity contribution in [3.8, 4) is 11.3 Å². The Morgan fingerprint density at radius 2 is 1.77 bits per heavy atom. The van der Waals surface area contributed by atoms with Crippen LogP contribution in [-0.4, -0.2) is 51.8 Å². The van der Waals surface area contributed by atoms with E-state index >= 15 is 0 Å². The number of fused-ring (bicyclic) bond motifs is 1. The number of imidazole rings is 1. The molecule has 2 aliphatic carbocycles. The summed E-state index contributed by atoms with van der Waals surface area (Å²) in [6, 6.07) is 2.12. The normalized spacial score (nSPS) is 29.3. The Hall–Kier alpha value is -2.13. The molecule has 4 aliphatic rings. The second-order valence-corrected chi connectivity index (χ2v) is 9.44. The SMILES string of the molecule is Nc1ncc(-c2cn(C3C4CN(C5CCOCC5)CC43)c(C3CC3)n2)cc1C(F)(F)F. The van der Waals surface area contributed by atoms with Gasteiger partial charge in [-0.3, -0.25) is 4.90 Å². The van der Waals surface area contributed by atoms with Crippen LogP contribution in [0.4, 0.5) is 19.0 Å². The minimum Gasteiger partial charge on any atom is -0.383 e. The summed E-state index contributed by atoms with van der Waals surface area (Å²) in [7, 11) is 0. The first-order valence-corrected chi connectivity index (χ1v) is 11.1. The Labute approximate surface area is 178 Å². The topological polar surface area (TPSA) is 69.2 Å². The number of hydrogen-bond donors (Lipinski definition) is 1. The zero-order chi connectivity index (χ0) is 21.3. The van der Waals surface area contributed by atoms with Crippen LogP contribution in [0.5, 0.6) is 0 Å². The number of alkyl halides is 3. The highest BCUT2D eigenvalue weighted by atomic mass is 19.4. The van der Waals surface area contributed by atoms with E-state index in [1.165, 1.54) is 6.20 Å². The van der Waals surface area contributed by atoms with Gasteiger partial charge in [-0.1, -0.05) is 0 Å². The van der Waals surface area contributed by atoms with Gasteiger partial charge in [0, 0.05) is 62.3 Å². The number of nitrogens with zero attached hydrogens (tertiary/aromatic N) is 4. The van der Waals surface area contributed by atoms with Crippen LogP contribution in [0.2, 0.25) is 0 Å². The zero-order valence-corrected chi connectivity index (χ0v) is 17.2. The number of halogens is 3. The standard InChI is InChI=1S/C22H26F3N5O/c23-22(24,25)17-7-13(8-27-20(17)26)18-11-30(21(28-18)12-1-2-12)19-15-9-29(10-16(15)19)14-3-5-31-6-4-14/h7-8,11-12,14-16,19H,1-6,9-10H2,(H2,26,27). The minimum atomic E-state index is -4.53. The number of likely N-dealkylation sites (tertiary alicyclic amines) is 1. The molecule has 2 saturated heterocycles. The van der Waals surface area contributed by atoms with Crippen molar-refractivity contribution in [1.82, 2.24) is 19.4 Å². The molecule has 2 unspecified atom stereocenters. The van der Waals surface area contributed by atoms with Crippen LogP contribution in [0.15, 0.2) is 18.5 Å². The van der Waals surface area contributed by atoms with Crippen molar-refractivity contribution in [3.05, 3.63) is 29.8 Å². The number of nitrogens with two attached hydrogens (primary N) is 1. The average Bonchev–Trinajstić information content (AvgIpc) is 3.62. The van der Waals surface area contributed by atoms with Gasteiger partial charge in [0.15, 0.2) is 0 Å². The van der Waals surface area contributed by atoms with Crippen molar-refractivity contribution in [2.45, 2.75) is 49.9 Å². The molecule has 166 valence electrons. The molecule has 2 aromatic heterocycles. The van der Waals surface area contributed by atoms with E-state index in [2.05, 4.69) is 14.5 Å². The predicted molar refractivity (Wildman–Crippen MR) is 108 cm³/mol. The number of hydrogen-bond acceptors (Lipinski definition) is 5. The van der Waals surface area contributed by atoms with Gasteiger partial charge in [-0.2, -0.15) is 13.2 Å². The third kappa shape index (κ3) is 3.42. The van der Waals surface area contributed by atoms with Crippen molar-refractivity contribution in [3.63, 3.8) is 0 Å². The highest BCUT2D eigenvalue weighted by molar-refractivity contribution is 5.62. The molecular formula is C22H26F3N5O. The molecule has 4 fully saturated rings. The van der Waals surface area contributed by atoms with E-state index in [9.17, 15) is 13.2 Å². The predicted octanol–water partition coefficient (Wildman–Crippen LogP) is 3.71. The summed E-state index contributed by atoms with van der Waals surface area (Å²) in [4.78, 5) is 11.2. The lowest BCUT2D eigenvalue weighted by Crippen LogP contribution is -2.39. The third-order valence-electron chi connectivity index (χ3n) is 7.43. The second-order valence-electron chi connectivity index (χ2n) is 9.44. The van der Waals surface area contributed by atoms with Crippen LogP contribution in [0, 0.1) is 11.8 Å². The van der Waals surface area contributed by atoms with Gasteiger partial charge in [0.25, 0.3) is 0 Å². The van der Waals surface area contributed by atoms with Gasteiger partial charge in [0.2, 0.25) is 0 Å². The molecule has 0 bridgehead atoms. The van der Waals surface area contributed by atoms with Crippen molar-refractivity contribution < 1.29 is 17.9 Å². The van der Waals surface area contributed by atoms with Gasteiger partial charge >= 0.3 is 6.18 Å². The number of aromatic nitrogens is 3. The Balaban J connectivity index is 1.25. The van der Waals surface area contributed by atoms with Gasteiger partial charge in [0.1, 0.15) is 11.6 Å². The number of pyridine rings is 1. The lowest BCUT2D eigenvalue weighted by Gasteiger charge is -2.32. The van der Waals surface area contributed by atoms with Crippen molar-refractivity contribution in [2.75, 3.05) is 32.0 Å². The summed E-state index contributed by atoms with van der Waals surface area (Å²) in [5, 5.41) is 0. The lowest BCUT2D eigenvalue weighted by molar-refractivity contribution is -0.137. The molecule has 0 amide bonds. The molecule has 2 aliphatic heterocycles. The molecule has 31 heavy (non-hydrogen) atoms.